The van der Waals surface area contributed by atoms with Crippen LogP contribution in [-0.2, 0) is 27.4 Å². The van der Waals surface area contributed by atoms with Gasteiger partial charge in [0.1, 0.15) is 0 Å². The number of benzene rings is 2. The predicted octanol–water partition coefficient (Wildman–Crippen LogP) is 3.40. The average molecular weight is 391 g/mol. The summed E-state index contributed by atoms with van der Waals surface area (Å²) >= 11 is 0. The number of esters is 1. The smallest absolute Gasteiger partial charge is 0.311 e. The van der Waals surface area contributed by atoms with Gasteiger partial charge < -0.3 is 14.1 Å². The molecule has 0 radical (unpaired) electrons. The maximum Gasteiger partial charge on any atom is 0.311 e. The molecule has 4 rings (SSSR count). The SMILES string of the molecule is CCc1ccccc1N1C[C@H](C(=O)OCc2nnc(-c3ccccc3)o2)CC1=O. The lowest BCUT2D eigenvalue weighted by Crippen LogP contribution is -2.27. The Morgan fingerprint density at radius 1 is 1.14 bits per heavy atom. The lowest BCUT2D eigenvalue weighted by Gasteiger charge is -2.19. The van der Waals surface area contributed by atoms with Gasteiger partial charge in [-0.15, -0.1) is 10.2 Å². The lowest BCUT2D eigenvalue weighted by molar-refractivity contribution is -0.150. The lowest BCUT2D eigenvalue weighted by atomic mass is 10.1. The third-order valence-electron chi connectivity index (χ3n) is 4.95. The second-order valence-corrected chi connectivity index (χ2v) is 6.86. The van der Waals surface area contributed by atoms with Crippen LogP contribution in [0.15, 0.2) is 59.0 Å². The van der Waals surface area contributed by atoms with Crippen LogP contribution in [0.25, 0.3) is 11.5 Å². The molecule has 0 unspecified atom stereocenters. The van der Waals surface area contributed by atoms with Gasteiger partial charge in [-0.1, -0.05) is 43.3 Å². The molecule has 2 aromatic carbocycles. The second-order valence-electron chi connectivity index (χ2n) is 6.86. The van der Waals surface area contributed by atoms with Crippen molar-refractivity contribution in [3.63, 3.8) is 0 Å². The quantitative estimate of drug-likeness (QED) is 0.599. The van der Waals surface area contributed by atoms with Crippen molar-refractivity contribution in [2.45, 2.75) is 26.4 Å². The van der Waals surface area contributed by atoms with Gasteiger partial charge in [0.15, 0.2) is 6.61 Å². The van der Waals surface area contributed by atoms with Crippen LogP contribution in [0.1, 0.15) is 24.8 Å². The zero-order valence-corrected chi connectivity index (χ0v) is 16.1. The van der Waals surface area contributed by atoms with E-state index in [9.17, 15) is 9.59 Å². The third-order valence-corrected chi connectivity index (χ3v) is 4.95. The van der Waals surface area contributed by atoms with Crippen LogP contribution in [0.4, 0.5) is 5.69 Å². The summed E-state index contributed by atoms with van der Waals surface area (Å²) in [6, 6.07) is 17.1. The van der Waals surface area contributed by atoms with E-state index in [1.807, 2.05) is 61.5 Å². The van der Waals surface area contributed by atoms with Gasteiger partial charge >= 0.3 is 5.97 Å². The Bertz CT molecular complexity index is 1020. The summed E-state index contributed by atoms with van der Waals surface area (Å²) in [6.45, 7) is 2.24. The number of aryl methyl sites for hydroxylation is 1. The maximum atomic E-state index is 12.5. The Morgan fingerprint density at radius 3 is 2.69 bits per heavy atom. The molecule has 7 nitrogen and oxygen atoms in total. The van der Waals surface area contributed by atoms with Gasteiger partial charge in [0.05, 0.1) is 5.92 Å². The molecule has 1 aliphatic heterocycles. The molecule has 0 saturated carbocycles. The molecule has 2 heterocycles. The Labute approximate surface area is 168 Å². The van der Waals surface area contributed by atoms with Crippen molar-refractivity contribution in [2.24, 2.45) is 5.92 Å². The fourth-order valence-corrected chi connectivity index (χ4v) is 3.43. The summed E-state index contributed by atoms with van der Waals surface area (Å²) in [7, 11) is 0. The summed E-state index contributed by atoms with van der Waals surface area (Å²) in [5.41, 5.74) is 2.73. The van der Waals surface area contributed by atoms with E-state index in [1.54, 1.807) is 4.90 Å². The molecule has 1 atom stereocenters. The number of anilines is 1. The van der Waals surface area contributed by atoms with Crippen LogP contribution in [0, 0.1) is 5.92 Å². The molecule has 0 bridgehead atoms. The number of hydrogen-bond acceptors (Lipinski definition) is 6. The van der Waals surface area contributed by atoms with Crippen LogP contribution in [0.3, 0.4) is 0 Å². The maximum absolute atomic E-state index is 12.5. The van der Waals surface area contributed by atoms with Crippen LogP contribution < -0.4 is 4.90 Å². The van der Waals surface area contributed by atoms with Crippen molar-refractivity contribution >= 4 is 17.6 Å². The minimum absolute atomic E-state index is 0.0722. The van der Waals surface area contributed by atoms with Crippen molar-refractivity contribution in [1.29, 1.82) is 0 Å². The Kier molecular flexibility index (Phi) is 5.37. The summed E-state index contributed by atoms with van der Waals surface area (Å²) in [5, 5.41) is 7.89. The highest BCUT2D eigenvalue weighted by molar-refractivity contribution is 6.00. The molecule has 1 saturated heterocycles. The highest BCUT2D eigenvalue weighted by Gasteiger charge is 2.37. The number of ether oxygens (including phenoxy) is 1. The highest BCUT2D eigenvalue weighted by Crippen LogP contribution is 2.29. The highest BCUT2D eigenvalue weighted by atomic mass is 16.5. The summed E-state index contributed by atoms with van der Waals surface area (Å²) < 4.78 is 10.9. The van der Waals surface area contributed by atoms with E-state index < -0.39 is 11.9 Å². The number of rotatable bonds is 6. The number of carbonyl (C=O) groups is 2. The molecule has 1 fully saturated rings. The number of hydrogen-bond donors (Lipinski definition) is 0. The molecule has 1 aliphatic rings. The topological polar surface area (TPSA) is 85.5 Å². The monoisotopic (exact) mass is 391 g/mol. The third kappa shape index (κ3) is 4.03. The summed E-state index contributed by atoms with van der Waals surface area (Å²) in [4.78, 5) is 26.6. The zero-order valence-electron chi connectivity index (χ0n) is 16.1. The van der Waals surface area contributed by atoms with E-state index in [1.165, 1.54) is 0 Å². The van der Waals surface area contributed by atoms with Crippen LogP contribution in [0.2, 0.25) is 0 Å². The van der Waals surface area contributed by atoms with Crippen molar-refractivity contribution in [3.8, 4) is 11.5 Å². The van der Waals surface area contributed by atoms with E-state index in [2.05, 4.69) is 10.2 Å². The zero-order chi connectivity index (χ0) is 20.2. The summed E-state index contributed by atoms with van der Waals surface area (Å²) in [5.74, 6) is -0.431. The van der Waals surface area contributed by atoms with E-state index in [4.69, 9.17) is 9.15 Å². The minimum atomic E-state index is -0.510. The molecule has 0 spiro atoms. The first-order valence-corrected chi connectivity index (χ1v) is 9.58. The van der Waals surface area contributed by atoms with Crippen molar-refractivity contribution < 1.29 is 18.7 Å². The van der Waals surface area contributed by atoms with Gasteiger partial charge in [-0.3, -0.25) is 9.59 Å². The molecule has 148 valence electrons. The molecule has 3 aromatic rings. The molecule has 1 amide bonds. The van der Waals surface area contributed by atoms with E-state index in [0.29, 0.717) is 12.4 Å². The number of amides is 1. The fourth-order valence-electron chi connectivity index (χ4n) is 3.43. The molecule has 0 aliphatic carbocycles. The van der Waals surface area contributed by atoms with Crippen LogP contribution >= 0.6 is 0 Å². The number of nitrogens with zero attached hydrogens (tertiary/aromatic N) is 3. The first-order valence-electron chi connectivity index (χ1n) is 9.58. The normalized spacial score (nSPS) is 16.2. The molecule has 1 aromatic heterocycles. The van der Waals surface area contributed by atoms with E-state index >= 15 is 0 Å². The number of carbonyl (C=O) groups excluding carboxylic acids is 2. The Balaban J connectivity index is 1.37. The first-order chi connectivity index (χ1) is 14.2. The van der Waals surface area contributed by atoms with Crippen LogP contribution in [-0.4, -0.2) is 28.6 Å². The minimum Gasteiger partial charge on any atom is -0.455 e. The van der Waals surface area contributed by atoms with Gasteiger partial charge in [-0.05, 0) is 30.2 Å². The molecular formula is C22H21N3O4. The van der Waals surface area contributed by atoms with Gasteiger partial charge in [-0.25, -0.2) is 0 Å². The standard InChI is InChI=1S/C22H21N3O4/c1-2-15-8-6-7-11-18(15)25-13-17(12-20(25)26)22(27)28-14-19-23-24-21(29-19)16-9-4-3-5-10-16/h3-11,17H,2,12-14H2,1H3/t17-/m1/s1. The molecular weight excluding hydrogens is 370 g/mol. The number of para-hydroxylation sites is 1. The van der Waals surface area contributed by atoms with E-state index in [-0.39, 0.29) is 24.8 Å². The largest absolute Gasteiger partial charge is 0.455 e. The van der Waals surface area contributed by atoms with Crippen molar-refractivity contribution in [3.05, 3.63) is 66.1 Å². The molecule has 29 heavy (non-hydrogen) atoms. The average Bonchev–Trinajstić information content (AvgIpc) is 3.39. The fraction of sp³-hybridized carbons (Fsp3) is 0.273. The van der Waals surface area contributed by atoms with Gasteiger partial charge in [0.25, 0.3) is 5.89 Å². The molecule has 0 N–H and O–H groups in total. The second kappa shape index (κ2) is 8.26. The van der Waals surface area contributed by atoms with Gasteiger partial charge in [-0.2, -0.15) is 0 Å². The Hall–Kier alpha value is -3.48. The van der Waals surface area contributed by atoms with Crippen molar-refractivity contribution in [2.75, 3.05) is 11.4 Å². The Morgan fingerprint density at radius 2 is 1.90 bits per heavy atom. The van der Waals surface area contributed by atoms with Crippen LogP contribution in [0.5, 0.6) is 0 Å². The first kappa shape index (κ1) is 18.9. The van der Waals surface area contributed by atoms with E-state index in [0.717, 1.165) is 23.2 Å². The summed E-state index contributed by atoms with van der Waals surface area (Å²) in [6.07, 6.45) is 0.950. The number of aromatic nitrogens is 2. The predicted molar refractivity (Wildman–Crippen MR) is 106 cm³/mol. The molecule has 7 heteroatoms. The van der Waals surface area contributed by atoms with Crippen molar-refractivity contribution in [1.82, 2.24) is 10.2 Å². The van der Waals surface area contributed by atoms with Gasteiger partial charge in [0.2, 0.25) is 11.8 Å². The van der Waals surface area contributed by atoms with Gasteiger partial charge in [0, 0.05) is 24.2 Å².